The van der Waals surface area contributed by atoms with Crippen molar-refractivity contribution in [3.8, 4) is 0 Å². The van der Waals surface area contributed by atoms with Crippen LogP contribution in [0.3, 0.4) is 0 Å². The van der Waals surface area contributed by atoms with Crippen LogP contribution in [0.25, 0.3) is 11.0 Å². The van der Waals surface area contributed by atoms with E-state index in [0.717, 1.165) is 23.4 Å². The van der Waals surface area contributed by atoms with E-state index in [2.05, 4.69) is 20.4 Å². The molecule has 8 heteroatoms. The summed E-state index contributed by atoms with van der Waals surface area (Å²) in [7, 11) is 0. The maximum absolute atomic E-state index is 12.3. The van der Waals surface area contributed by atoms with E-state index in [1.807, 2.05) is 19.9 Å². The van der Waals surface area contributed by atoms with Gasteiger partial charge in [0.25, 0.3) is 5.91 Å². The van der Waals surface area contributed by atoms with Gasteiger partial charge in [-0.05, 0) is 49.7 Å². The maximum atomic E-state index is 12.3. The van der Waals surface area contributed by atoms with Crippen molar-refractivity contribution < 1.29 is 9.59 Å². The molecule has 0 unspecified atom stereocenters. The molecule has 0 aliphatic heterocycles. The average Bonchev–Trinajstić information content (AvgIpc) is 2.96. The Bertz CT molecular complexity index is 1010. The Kier molecular flexibility index (Phi) is 5.68. The third-order valence-electron chi connectivity index (χ3n) is 4.23. The first kappa shape index (κ1) is 19.2. The minimum atomic E-state index is -0.431. The second kappa shape index (κ2) is 7.98. The number of carbonyl (C=O) groups excluding carboxylic acids is 2. The number of halogens is 2. The summed E-state index contributed by atoms with van der Waals surface area (Å²) in [6.07, 6.45) is -0.0437. The summed E-state index contributed by atoms with van der Waals surface area (Å²) in [5.41, 5.74) is 7.38. The molecule has 2 aromatic carbocycles. The second-order valence-electron chi connectivity index (χ2n) is 5.99. The maximum Gasteiger partial charge on any atom is 0.269 e. The van der Waals surface area contributed by atoms with Gasteiger partial charge >= 0.3 is 0 Å². The Morgan fingerprint density at radius 1 is 1.11 bits per heavy atom. The lowest BCUT2D eigenvalue weighted by molar-refractivity contribution is -0.121. The van der Waals surface area contributed by atoms with Gasteiger partial charge in [0.2, 0.25) is 5.91 Å². The van der Waals surface area contributed by atoms with Crippen LogP contribution in [0.2, 0.25) is 10.0 Å². The lowest BCUT2D eigenvalue weighted by atomic mass is 10.1. The van der Waals surface area contributed by atoms with Gasteiger partial charge in [0.1, 0.15) is 5.82 Å². The first-order valence-electron chi connectivity index (χ1n) is 8.39. The van der Waals surface area contributed by atoms with E-state index in [1.165, 1.54) is 0 Å². The van der Waals surface area contributed by atoms with Gasteiger partial charge in [-0.25, -0.2) is 4.98 Å². The molecule has 27 heavy (non-hydrogen) atoms. The minimum absolute atomic E-state index is 0.0437. The van der Waals surface area contributed by atoms with Gasteiger partial charge in [0.05, 0.1) is 17.5 Å². The molecule has 0 aliphatic carbocycles. The van der Waals surface area contributed by atoms with E-state index in [-0.39, 0.29) is 6.42 Å². The first-order chi connectivity index (χ1) is 12.9. The van der Waals surface area contributed by atoms with Crippen LogP contribution in [0.1, 0.15) is 28.7 Å². The lowest BCUT2D eigenvalue weighted by Crippen LogP contribution is -2.42. The number of amides is 2. The van der Waals surface area contributed by atoms with Gasteiger partial charge in [-0.15, -0.1) is 0 Å². The van der Waals surface area contributed by atoms with E-state index in [4.69, 9.17) is 23.2 Å². The predicted octanol–water partition coefficient (Wildman–Crippen LogP) is 3.68. The van der Waals surface area contributed by atoms with Gasteiger partial charge in [0.15, 0.2) is 0 Å². The summed E-state index contributed by atoms with van der Waals surface area (Å²) in [6.45, 7) is 4.76. The van der Waals surface area contributed by atoms with Gasteiger partial charge in [0, 0.05) is 22.2 Å². The van der Waals surface area contributed by atoms with E-state index >= 15 is 0 Å². The van der Waals surface area contributed by atoms with Gasteiger partial charge in [-0.1, -0.05) is 29.3 Å². The van der Waals surface area contributed by atoms with Crippen molar-refractivity contribution in [3.05, 3.63) is 63.4 Å². The quantitative estimate of drug-likeness (QED) is 0.651. The largest absolute Gasteiger partial charge is 0.329 e. The van der Waals surface area contributed by atoms with Crippen LogP contribution in [-0.2, 0) is 17.8 Å². The molecule has 3 aromatic rings. The standard InChI is InChI=1S/C19H18Cl2N4O2/c1-3-25-11(2)22-16-9-12(7-8-17(16)25)19(27)24-23-18(26)10-13-14(20)5-4-6-15(13)21/h4-9H,3,10H2,1-2H3,(H,23,26)(H,24,27). The van der Waals surface area contributed by atoms with E-state index in [9.17, 15) is 9.59 Å². The summed E-state index contributed by atoms with van der Waals surface area (Å²) >= 11 is 12.1. The van der Waals surface area contributed by atoms with Crippen LogP contribution < -0.4 is 10.9 Å². The van der Waals surface area contributed by atoms with Crippen molar-refractivity contribution in [3.63, 3.8) is 0 Å². The molecule has 0 aliphatic rings. The highest BCUT2D eigenvalue weighted by molar-refractivity contribution is 6.36. The van der Waals surface area contributed by atoms with Crippen molar-refractivity contribution in [1.29, 1.82) is 0 Å². The summed E-state index contributed by atoms with van der Waals surface area (Å²) in [4.78, 5) is 28.9. The molecular formula is C19H18Cl2N4O2. The third-order valence-corrected chi connectivity index (χ3v) is 4.94. The lowest BCUT2D eigenvalue weighted by Gasteiger charge is -2.09. The number of aromatic nitrogens is 2. The molecule has 0 fully saturated rings. The molecule has 0 spiro atoms. The van der Waals surface area contributed by atoms with Gasteiger partial charge < -0.3 is 4.57 Å². The number of rotatable bonds is 4. The highest BCUT2D eigenvalue weighted by Gasteiger charge is 2.14. The summed E-state index contributed by atoms with van der Waals surface area (Å²) in [5.74, 6) is 0.0275. The molecule has 2 N–H and O–H groups in total. The molecule has 6 nitrogen and oxygen atoms in total. The molecule has 0 saturated carbocycles. The van der Waals surface area contributed by atoms with E-state index in [0.29, 0.717) is 21.2 Å². The number of nitrogens with zero attached hydrogens (tertiary/aromatic N) is 2. The zero-order chi connectivity index (χ0) is 19.6. The smallest absolute Gasteiger partial charge is 0.269 e. The third kappa shape index (κ3) is 4.07. The summed E-state index contributed by atoms with van der Waals surface area (Å²) < 4.78 is 2.06. The number of carbonyl (C=O) groups is 2. The molecule has 1 aromatic heterocycles. The molecule has 0 radical (unpaired) electrons. The van der Waals surface area contributed by atoms with Crippen molar-refractivity contribution in [2.45, 2.75) is 26.8 Å². The molecule has 1 heterocycles. The predicted molar refractivity (Wildman–Crippen MR) is 106 cm³/mol. The number of imidazole rings is 1. The highest BCUT2D eigenvalue weighted by atomic mass is 35.5. The fourth-order valence-electron chi connectivity index (χ4n) is 2.90. The number of benzene rings is 2. The number of hydrogen-bond donors (Lipinski definition) is 2. The molecule has 0 bridgehead atoms. The van der Waals surface area contributed by atoms with Crippen molar-refractivity contribution in [2.24, 2.45) is 0 Å². The van der Waals surface area contributed by atoms with Crippen molar-refractivity contribution in [2.75, 3.05) is 0 Å². The Hall–Kier alpha value is -2.57. The normalized spacial score (nSPS) is 10.8. The topological polar surface area (TPSA) is 76.0 Å². The molecule has 3 rings (SSSR count). The summed E-state index contributed by atoms with van der Waals surface area (Å²) in [6, 6.07) is 10.2. The minimum Gasteiger partial charge on any atom is -0.329 e. The highest BCUT2D eigenvalue weighted by Crippen LogP contribution is 2.24. The number of aryl methyl sites for hydroxylation is 2. The Morgan fingerprint density at radius 2 is 1.81 bits per heavy atom. The molecule has 0 atom stereocenters. The van der Waals surface area contributed by atoms with E-state index < -0.39 is 11.8 Å². The van der Waals surface area contributed by atoms with Crippen molar-refractivity contribution >= 4 is 46.0 Å². The van der Waals surface area contributed by atoms with Gasteiger partial charge in [-0.3, -0.25) is 20.4 Å². The molecular weight excluding hydrogens is 387 g/mol. The molecule has 140 valence electrons. The van der Waals surface area contributed by atoms with Crippen LogP contribution in [0.4, 0.5) is 0 Å². The SMILES string of the molecule is CCn1c(C)nc2cc(C(=O)NNC(=O)Cc3c(Cl)cccc3Cl)ccc21. The zero-order valence-electron chi connectivity index (χ0n) is 14.8. The first-order valence-corrected chi connectivity index (χ1v) is 9.15. The number of hydrazine groups is 1. The van der Waals surface area contributed by atoms with E-state index in [1.54, 1.807) is 30.3 Å². The zero-order valence-corrected chi connectivity index (χ0v) is 16.4. The van der Waals surface area contributed by atoms with Crippen molar-refractivity contribution in [1.82, 2.24) is 20.4 Å². The molecule has 2 amide bonds. The monoisotopic (exact) mass is 404 g/mol. The number of hydrogen-bond acceptors (Lipinski definition) is 3. The Morgan fingerprint density at radius 3 is 2.48 bits per heavy atom. The number of fused-ring (bicyclic) bond motifs is 1. The van der Waals surface area contributed by atoms with Crippen LogP contribution >= 0.6 is 23.2 Å². The Labute approximate surface area is 166 Å². The Balaban J connectivity index is 1.67. The fourth-order valence-corrected chi connectivity index (χ4v) is 3.43. The van der Waals surface area contributed by atoms with Gasteiger partial charge in [-0.2, -0.15) is 0 Å². The van der Waals surface area contributed by atoms with Crippen LogP contribution in [0.5, 0.6) is 0 Å². The average molecular weight is 405 g/mol. The van der Waals surface area contributed by atoms with Crippen LogP contribution in [0, 0.1) is 6.92 Å². The molecule has 0 saturated heterocycles. The summed E-state index contributed by atoms with van der Waals surface area (Å²) in [5, 5.41) is 0.799. The number of nitrogens with one attached hydrogen (secondary N) is 2. The van der Waals surface area contributed by atoms with Crippen LogP contribution in [-0.4, -0.2) is 21.4 Å². The second-order valence-corrected chi connectivity index (χ2v) is 6.80. The fraction of sp³-hybridized carbons (Fsp3) is 0.211. The van der Waals surface area contributed by atoms with Crippen LogP contribution in [0.15, 0.2) is 36.4 Å².